The summed E-state index contributed by atoms with van der Waals surface area (Å²) in [6.45, 7) is 1.00. The molecule has 1 aliphatic rings. The molecule has 4 heteroatoms. The van der Waals surface area contributed by atoms with Gasteiger partial charge in [0.2, 0.25) is 0 Å². The molecule has 2 rings (SSSR count). The highest BCUT2D eigenvalue weighted by Crippen LogP contribution is 2.29. The van der Waals surface area contributed by atoms with Crippen LogP contribution in [0.25, 0.3) is 0 Å². The van der Waals surface area contributed by atoms with Crippen molar-refractivity contribution in [3.63, 3.8) is 0 Å². The number of hydrogen-bond acceptors (Lipinski definition) is 3. The molecule has 2 N–H and O–H groups in total. The summed E-state index contributed by atoms with van der Waals surface area (Å²) in [7, 11) is 0. The molecule has 0 aromatic carbocycles. The van der Waals surface area contributed by atoms with Gasteiger partial charge >= 0.3 is 0 Å². The molecule has 0 atom stereocenters. The van der Waals surface area contributed by atoms with E-state index in [0.717, 1.165) is 29.4 Å². The number of rotatable bonds is 4. The second-order valence-electron chi connectivity index (χ2n) is 4.51. The van der Waals surface area contributed by atoms with Gasteiger partial charge in [-0.15, -0.1) is 0 Å². The summed E-state index contributed by atoms with van der Waals surface area (Å²) in [5.74, 6) is 0. The molecule has 1 aromatic heterocycles. The summed E-state index contributed by atoms with van der Waals surface area (Å²) in [4.78, 5) is 4.13. The lowest BCUT2D eigenvalue weighted by Crippen LogP contribution is -2.45. The average Bonchev–Trinajstić information content (AvgIpc) is 2.76. The molecule has 0 aliphatic heterocycles. The van der Waals surface area contributed by atoms with Crippen molar-refractivity contribution in [2.24, 2.45) is 0 Å². The van der Waals surface area contributed by atoms with Crippen LogP contribution in [-0.2, 0) is 6.54 Å². The minimum atomic E-state index is -0.0533. The van der Waals surface area contributed by atoms with Crippen molar-refractivity contribution in [1.29, 1.82) is 0 Å². The summed E-state index contributed by atoms with van der Waals surface area (Å²) < 4.78 is 0.997. The first kappa shape index (κ1) is 12.0. The third-order valence-electron chi connectivity index (χ3n) is 3.29. The van der Waals surface area contributed by atoms with Crippen LogP contribution in [0.4, 0.5) is 0 Å². The number of hydrogen-bond donors (Lipinski definition) is 2. The minimum absolute atomic E-state index is 0.0533. The van der Waals surface area contributed by atoms with E-state index in [9.17, 15) is 5.11 Å². The molecule has 0 amide bonds. The Morgan fingerprint density at radius 1 is 1.38 bits per heavy atom. The molecule has 3 nitrogen and oxygen atoms in total. The highest BCUT2D eigenvalue weighted by Gasteiger charge is 2.32. The van der Waals surface area contributed by atoms with Crippen LogP contribution >= 0.6 is 15.9 Å². The number of pyridine rings is 1. The zero-order chi connectivity index (χ0) is 11.4. The van der Waals surface area contributed by atoms with Gasteiger partial charge in [0.05, 0.1) is 6.61 Å². The van der Waals surface area contributed by atoms with Gasteiger partial charge in [-0.05, 0) is 40.4 Å². The second kappa shape index (κ2) is 5.25. The summed E-state index contributed by atoms with van der Waals surface area (Å²) in [5.41, 5.74) is 1.09. The molecule has 1 saturated carbocycles. The van der Waals surface area contributed by atoms with Crippen LogP contribution in [0.5, 0.6) is 0 Å². The molecule has 16 heavy (non-hydrogen) atoms. The number of aromatic nitrogens is 1. The van der Waals surface area contributed by atoms with Crippen LogP contribution < -0.4 is 5.32 Å². The van der Waals surface area contributed by atoms with E-state index in [1.165, 1.54) is 12.8 Å². The van der Waals surface area contributed by atoms with E-state index in [-0.39, 0.29) is 12.1 Å². The van der Waals surface area contributed by atoms with E-state index in [0.29, 0.717) is 0 Å². The number of nitrogens with one attached hydrogen (secondary N) is 1. The molecule has 0 spiro atoms. The Bertz CT molecular complexity index is 351. The lowest BCUT2D eigenvalue weighted by Gasteiger charge is -2.28. The predicted octanol–water partition coefficient (Wildman–Crippen LogP) is 2.24. The van der Waals surface area contributed by atoms with E-state index in [4.69, 9.17) is 0 Å². The zero-order valence-electron chi connectivity index (χ0n) is 9.25. The van der Waals surface area contributed by atoms with Gasteiger partial charge in [0.1, 0.15) is 0 Å². The standard InChI is InChI=1S/C12H17BrN2O/c13-11-5-10(6-14-8-11)7-15-12(9-16)3-1-2-4-12/h5-6,8,15-16H,1-4,7,9H2. The van der Waals surface area contributed by atoms with Crippen LogP contribution in [-0.4, -0.2) is 22.2 Å². The van der Waals surface area contributed by atoms with Crippen LogP contribution in [0.15, 0.2) is 22.9 Å². The first-order chi connectivity index (χ1) is 7.74. The van der Waals surface area contributed by atoms with Gasteiger partial charge in [-0.3, -0.25) is 4.98 Å². The van der Waals surface area contributed by atoms with Crippen LogP contribution in [0, 0.1) is 0 Å². The Kier molecular flexibility index (Phi) is 3.95. The molecule has 0 unspecified atom stereocenters. The van der Waals surface area contributed by atoms with Crippen molar-refractivity contribution >= 4 is 15.9 Å². The van der Waals surface area contributed by atoms with Crippen molar-refractivity contribution < 1.29 is 5.11 Å². The van der Waals surface area contributed by atoms with Crippen LogP contribution in [0.3, 0.4) is 0 Å². The van der Waals surface area contributed by atoms with Gasteiger partial charge in [-0.1, -0.05) is 12.8 Å². The quantitative estimate of drug-likeness (QED) is 0.891. The minimum Gasteiger partial charge on any atom is -0.394 e. The van der Waals surface area contributed by atoms with Gasteiger partial charge in [-0.2, -0.15) is 0 Å². The molecule has 0 saturated heterocycles. The Morgan fingerprint density at radius 2 is 2.12 bits per heavy atom. The Hall–Kier alpha value is -0.450. The van der Waals surface area contributed by atoms with Gasteiger partial charge in [0.25, 0.3) is 0 Å². The van der Waals surface area contributed by atoms with Gasteiger partial charge in [0.15, 0.2) is 0 Å². The van der Waals surface area contributed by atoms with Crippen molar-refractivity contribution in [3.8, 4) is 0 Å². The van der Waals surface area contributed by atoms with Gasteiger partial charge in [0, 0.05) is 29.0 Å². The summed E-state index contributed by atoms with van der Waals surface area (Å²) >= 11 is 3.41. The Morgan fingerprint density at radius 3 is 2.75 bits per heavy atom. The lowest BCUT2D eigenvalue weighted by molar-refractivity contribution is 0.163. The number of aliphatic hydroxyl groups excluding tert-OH is 1. The third-order valence-corrected chi connectivity index (χ3v) is 3.73. The molecule has 1 fully saturated rings. The molecule has 0 bridgehead atoms. The lowest BCUT2D eigenvalue weighted by atomic mass is 9.98. The van der Waals surface area contributed by atoms with Crippen molar-refractivity contribution in [2.75, 3.05) is 6.61 Å². The Balaban J connectivity index is 1.95. The predicted molar refractivity (Wildman–Crippen MR) is 67.1 cm³/mol. The molecule has 1 aromatic rings. The van der Waals surface area contributed by atoms with E-state index in [1.807, 2.05) is 6.20 Å². The Labute approximate surface area is 104 Å². The topological polar surface area (TPSA) is 45.1 Å². The van der Waals surface area contributed by atoms with Crippen LogP contribution in [0.1, 0.15) is 31.2 Å². The fourth-order valence-corrected chi connectivity index (χ4v) is 2.70. The SMILES string of the molecule is OCC1(NCc2cncc(Br)c2)CCCC1. The molecule has 1 heterocycles. The first-order valence-electron chi connectivity index (χ1n) is 5.69. The van der Waals surface area contributed by atoms with E-state index in [2.05, 4.69) is 32.3 Å². The molecular weight excluding hydrogens is 268 g/mol. The molecular formula is C12H17BrN2O. The number of nitrogens with zero attached hydrogens (tertiary/aromatic N) is 1. The maximum Gasteiger partial charge on any atom is 0.0613 e. The van der Waals surface area contributed by atoms with Crippen molar-refractivity contribution in [3.05, 3.63) is 28.5 Å². The highest BCUT2D eigenvalue weighted by atomic mass is 79.9. The second-order valence-corrected chi connectivity index (χ2v) is 5.43. The maximum absolute atomic E-state index is 9.46. The third kappa shape index (κ3) is 2.81. The highest BCUT2D eigenvalue weighted by molar-refractivity contribution is 9.10. The van der Waals surface area contributed by atoms with E-state index in [1.54, 1.807) is 6.20 Å². The van der Waals surface area contributed by atoms with E-state index < -0.39 is 0 Å². The number of aliphatic hydroxyl groups is 1. The summed E-state index contributed by atoms with van der Waals surface area (Å²) in [6.07, 6.45) is 8.21. The summed E-state index contributed by atoms with van der Waals surface area (Å²) in [6, 6.07) is 2.06. The average molecular weight is 285 g/mol. The van der Waals surface area contributed by atoms with E-state index >= 15 is 0 Å². The molecule has 0 radical (unpaired) electrons. The molecule has 1 aliphatic carbocycles. The first-order valence-corrected chi connectivity index (χ1v) is 6.49. The largest absolute Gasteiger partial charge is 0.394 e. The molecule has 88 valence electrons. The zero-order valence-corrected chi connectivity index (χ0v) is 10.8. The van der Waals surface area contributed by atoms with Gasteiger partial charge in [-0.25, -0.2) is 0 Å². The monoisotopic (exact) mass is 284 g/mol. The fraction of sp³-hybridized carbons (Fsp3) is 0.583. The van der Waals surface area contributed by atoms with Crippen LogP contribution in [0.2, 0.25) is 0 Å². The van der Waals surface area contributed by atoms with Crippen molar-refractivity contribution in [1.82, 2.24) is 10.3 Å². The smallest absolute Gasteiger partial charge is 0.0613 e. The fourth-order valence-electron chi connectivity index (χ4n) is 2.28. The summed E-state index contributed by atoms with van der Waals surface area (Å²) in [5, 5.41) is 12.9. The normalized spacial score (nSPS) is 18.9. The van der Waals surface area contributed by atoms with Crippen molar-refractivity contribution in [2.45, 2.75) is 37.8 Å². The number of halogens is 1. The maximum atomic E-state index is 9.46. The van der Waals surface area contributed by atoms with Gasteiger partial charge < -0.3 is 10.4 Å².